The first-order valence-corrected chi connectivity index (χ1v) is 11.2. The Labute approximate surface area is 182 Å². The normalized spacial score (nSPS) is 21.9. The zero-order chi connectivity index (χ0) is 20.6. The zero-order valence-electron chi connectivity index (χ0n) is 17.3. The molecule has 1 fully saturated rings. The van der Waals surface area contributed by atoms with Gasteiger partial charge in [-0.15, -0.1) is 0 Å². The van der Waals surface area contributed by atoms with Crippen LogP contribution in [0.4, 0.5) is 0 Å². The van der Waals surface area contributed by atoms with E-state index in [1.165, 1.54) is 18.4 Å². The topological polar surface area (TPSA) is 22.4 Å². The summed E-state index contributed by atoms with van der Waals surface area (Å²) in [5.74, 6) is 0.878. The van der Waals surface area contributed by atoms with Crippen LogP contribution in [0.25, 0.3) is 21.9 Å². The second-order valence-electron chi connectivity index (χ2n) is 8.37. The van der Waals surface area contributed by atoms with E-state index in [0.29, 0.717) is 5.02 Å². The molecule has 0 bridgehead atoms. The highest BCUT2D eigenvalue weighted by atomic mass is 35.5. The summed E-state index contributed by atoms with van der Waals surface area (Å²) in [5.41, 5.74) is 3.03. The van der Waals surface area contributed by atoms with Gasteiger partial charge in [-0.05, 0) is 44.0 Å². The Balaban J connectivity index is 1.46. The molecule has 1 aliphatic rings. The maximum Gasteiger partial charge on any atom is 0.233 e. The fourth-order valence-electron chi connectivity index (χ4n) is 4.90. The summed E-state index contributed by atoms with van der Waals surface area (Å²) in [6, 6.07) is 22.8. The average molecular weight is 421 g/mol. The average Bonchev–Trinajstić information content (AvgIpc) is 3.12. The Morgan fingerprint density at radius 3 is 2.53 bits per heavy atom. The van der Waals surface area contributed by atoms with Crippen LogP contribution < -0.4 is 4.74 Å². The van der Waals surface area contributed by atoms with Crippen LogP contribution in [0.1, 0.15) is 31.7 Å². The molecule has 0 saturated carbocycles. The summed E-state index contributed by atoms with van der Waals surface area (Å²) in [6.45, 7) is 5.51. The fourth-order valence-corrected chi connectivity index (χ4v) is 5.06. The van der Waals surface area contributed by atoms with E-state index >= 15 is 0 Å². The van der Waals surface area contributed by atoms with Crippen molar-refractivity contribution in [2.24, 2.45) is 0 Å². The van der Waals surface area contributed by atoms with Crippen molar-refractivity contribution in [1.82, 2.24) is 0 Å². The first-order chi connectivity index (χ1) is 14.7. The molecule has 4 aromatic rings. The molecule has 0 aliphatic carbocycles. The zero-order valence-corrected chi connectivity index (χ0v) is 18.1. The molecule has 154 valence electrons. The molecule has 30 heavy (non-hydrogen) atoms. The summed E-state index contributed by atoms with van der Waals surface area (Å²) in [7, 11) is 0. The molecule has 4 heteroatoms. The molecular formula is C26H27ClNO2+. The van der Waals surface area contributed by atoms with Crippen molar-refractivity contribution in [3.63, 3.8) is 0 Å². The van der Waals surface area contributed by atoms with Crippen molar-refractivity contribution in [2.75, 3.05) is 13.1 Å². The van der Waals surface area contributed by atoms with E-state index < -0.39 is 0 Å². The van der Waals surface area contributed by atoms with E-state index in [4.69, 9.17) is 20.8 Å². The van der Waals surface area contributed by atoms with Gasteiger partial charge in [0.05, 0.1) is 13.1 Å². The number of halogens is 1. The SMILES string of the molecule is CC[N+]1(Cc2ccccc2)CCCCC1Oc1ccc2c(c1)oc1cc(Cl)ccc12. The van der Waals surface area contributed by atoms with E-state index in [1.807, 2.05) is 24.3 Å². The van der Waals surface area contributed by atoms with Gasteiger partial charge >= 0.3 is 0 Å². The smallest absolute Gasteiger partial charge is 0.233 e. The minimum absolute atomic E-state index is 0.153. The van der Waals surface area contributed by atoms with Crippen molar-refractivity contribution < 1.29 is 13.6 Å². The van der Waals surface area contributed by atoms with E-state index in [1.54, 1.807) is 0 Å². The molecule has 3 aromatic carbocycles. The molecule has 0 amide bonds. The van der Waals surface area contributed by atoms with Gasteiger partial charge in [0, 0.05) is 39.9 Å². The molecule has 0 N–H and O–H groups in total. The Kier molecular flexibility index (Phi) is 5.18. The second-order valence-corrected chi connectivity index (χ2v) is 8.81. The third-order valence-corrected chi connectivity index (χ3v) is 6.80. The van der Waals surface area contributed by atoms with Crippen molar-refractivity contribution in [2.45, 2.75) is 39.0 Å². The Morgan fingerprint density at radius 1 is 0.967 bits per heavy atom. The minimum atomic E-state index is 0.153. The molecule has 2 heterocycles. The quantitative estimate of drug-likeness (QED) is 0.319. The molecule has 0 spiro atoms. The summed E-state index contributed by atoms with van der Waals surface area (Å²) in [4.78, 5) is 0. The standard InChI is InChI=1S/C26H27ClNO2/c1-2-28(18-19-8-4-3-5-9-19)15-7-6-10-26(28)29-21-12-14-23-22-13-11-20(27)16-24(22)30-25(23)17-21/h3-5,8-9,11-14,16-17,26H,2,6-7,10,15,18H2,1H3/q+1. The van der Waals surface area contributed by atoms with Crippen molar-refractivity contribution in [3.05, 3.63) is 77.3 Å². The van der Waals surface area contributed by atoms with Crippen LogP contribution >= 0.6 is 11.6 Å². The first kappa shape index (κ1) is 19.5. The number of rotatable bonds is 5. The van der Waals surface area contributed by atoms with E-state index in [9.17, 15) is 0 Å². The molecule has 1 saturated heterocycles. The number of fused-ring (bicyclic) bond motifs is 3. The Bertz CT molecular complexity index is 1170. The van der Waals surface area contributed by atoms with E-state index in [-0.39, 0.29) is 6.23 Å². The summed E-state index contributed by atoms with van der Waals surface area (Å²) in [5, 5.41) is 2.87. The molecule has 5 rings (SSSR count). The predicted molar refractivity (Wildman–Crippen MR) is 123 cm³/mol. The number of hydrogen-bond donors (Lipinski definition) is 0. The highest BCUT2D eigenvalue weighted by Crippen LogP contribution is 2.35. The van der Waals surface area contributed by atoms with Gasteiger partial charge in [-0.2, -0.15) is 0 Å². The highest BCUT2D eigenvalue weighted by Gasteiger charge is 2.39. The molecule has 1 aromatic heterocycles. The number of quaternary nitrogens is 1. The molecule has 3 nitrogen and oxygen atoms in total. The number of likely N-dealkylation sites (tertiary alicyclic amines) is 1. The molecule has 2 atom stereocenters. The van der Waals surface area contributed by atoms with Crippen LogP contribution in [0, 0.1) is 0 Å². The maximum absolute atomic E-state index is 6.65. The number of piperidine rings is 1. The van der Waals surface area contributed by atoms with Gasteiger partial charge in [-0.3, -0.25) is 4.48 Å². The van der Waals surface area contributed by atoms with Crippen LogP contribution in [0.5, 0.6) is 5.75 Å². The Hall–Kier alpha value is -2.49. The van der Waals surface area contributed by atoms with Gasteiger partial charge in [0.1, 0.15) is 23.5 Å². The van der Waals surface area contributed by atoms with E-state index in [2.05, 4.69) is 49.4 Å². The summed E-state index contributed by atoms with van der Waals surface area (Å²) in [6.07, 6.45) is 3.70. The summed E-state index contributed by atoms with van der Waals surface area (Å²) < 4.78 is 13.7. The third-order valence-electron chi connectivity index (χ3n) is 6.56. The van der Waals surface area contributed by atoms with Crippen molar-refractivity contribution in [1.29, 1.82) is 0 Å². The number of hydrogen-bond acceptors (Lipinski definition) is 2. The van der Waals surface area contributed by atoms with Crippen LogP contribution in [0.3, 0.4) is 0 Å². The molecule has 2 unspecified atom stereocenters. The lowest BCUT2D eigenvalue weighted by Gasteiger charge is -2.46. The first-order valence-electron chi connectivity index (χ1n) is 10.8. The van der Waals surface area contributed by atoms with Crippen molar-refractivity contribution >= 4 is 33.5 Å². The van der Waals surface area contributed by atoms with Crippen LogP contribution in [-0.2, 0) is 6.54 Å². The number of furan rings is 1. The number of benzene rings is 3. The summed E-state index contributed by atoms with van der Waals surface area (Å²) >= 11 is 6.13. The lowest BCUT2D eigenvalue weighted by molar-refractivity contribution is -0.983. The monoisotopic (exact) mass is 420 g/mol. The maximum atomic E-state index is 6.65. The van der Waals surface area contributed by atoms with Gasteiger partial charge < -0.3 is 9.15 Å². The van der Waals surface area contributed by atoms with Gasteiger partial charge in [-0.25, -0.2) is 0 Å². The lowest BCUT2D eigenvalue weighted by Crippen LogP contribution is -2.59. The fraction of sp³-hybridized carbons (Fsp3) is 0.308. The van der Waals surface area contributed by atoms with Gasteiger partial charge in [0.15, 0.2) is 0 Å². The van der Waals surface area contributed by atoms with Crippen LogP contribution in [-0.4, -0.2) is 23.8 Å². The Morgan fingerprint density at radius 2 is 1.73 bits per heavy atom. The third kappa shape index (κ3) is 3.57. The van der Waals surface area contributed by atoms with Crippen LogP contribution in [0.2, 0.25) is 5.02 Å². The van der Waals surface area contributed by atoms with E-state index in [0.717, 1.165) is 58.2 Å². The minimum Gasteiger partial charge on any atom is -0.456 e. The lowest BCUT2D eigenvalue weighted by atomic mass is 10.0. The molecule has 0 radical (unpaired) electrons. The second kappa shape index (κ2) is 7.98. The molecular weight excluding hydrogens is 394 g/mol. The number of ether oxygens (including phenoxy) is 1. The van der Waals surface area contributed by atoms with Crippen LogP contribution in [0.15, 0.2) is 71.1 Å². The number of nitrogens with zero attached hydrogens (tertiary/aromatic N) is 1. The predicted octanol–water partition coefficient (Wildman–Crippen LogP) is 7.17. The largest absolute Gasteiger partial charge is 0.456 e. The van der Waals surface area contributed by atoms with Crippen molar-refractivity contribution in [3.8, 4) is 5.75 Å². The van der Waals surface area contributed by atoms with Gasteiger partial charge in [-0.1, -0.05) is 41.9 Å². The molecule has 1 aliphatic heterocycles. The van der Waals surface area contributed by atoms with Gasteiger partial charge in [0.2, 0.25) is 6.23 Å². The van der Waals surface area contributed by atoms with Gasteiger partial charge in [0.25, 0.3) is 0 Å². The highest BCUT2D eigenvalue weighted by molar-refractivity contribution is 6.31.